The zero-order valence-electron chi connectivity index (χ0n) is 4.20. The molecule has 0 N–H and O–H groups in total. The number of hydrogen-bond donors (Lipinski definition) is 0. The van der Waals surface area contributed by atoms with Crippen molar-refractivity contribution in [3.05, 3.63) is 24.3 Å². The summed E-state index contributed by atoms with van der Waals surface area (Å²) in [6, 6.07) is 0. The van der Waals surface area contributed by atoms with Crippen LogP contribution in [0.5, 0.6) is 0 Å². The van der Waals surface area contributed by atoms with E-state index in [1.807, 2.05) is 12.2 Å². The Morgan fingerprint density at radius 3 is 2.25 bits per heavy atom. The van der Waals surface area contributed by atoms with Crippen molar-refractivity contribution in [2.24, 2.45) is 0 Å². The van der Waals surface area contributed by atoms with Crippen molar-refractivity contribution in [2.45, 2.75) is 6.42 Å². The molecule has 0 amide bonds. The SMILES string of the molecule is [C-]1=CC=CC1.[Cl][Zr][Cl]. The Balaban J connectivity index is 0.000000145. The first-order valence-corrected chi connectivity index (χ1v) is 8.43. The van der Waals surface area contributed by atoms with E-state index in [0.717, 1.165) is 6.42 Å². The van der Waals surface area contributed by atoms with Gasteiger partial charge >= 0.3 is 37.9 Å². The van der Waals surface area contributed by atoms with Crippen LogP contribution in [0.25, 0.3) is 0 Å². The van der Waals surface area contributed by atoms with E-state index >= 15 is 0 Å². The minimum atomic E-state index is -0.826. The summed E-state index contributed by atoms with van der Waals surface area (Å²) >= 11 is -0.826. The molecule has 0 aromatic carbocycles. The van der Waals surface area contributed by atoms with E-state index in [2.05, 4.69) is 12.2 Å². The quantitative estimate of drug-likeness (QED) is 0.558. The molecule has 3 heteroatoms. The molecule has 0 aliphatic heterocycles. The van der Waals surface area contributed by atoms with Crippen LogP contribution >= 0.6 is 17.0 Å². The molecule has 0 nitrogen and oxygen atoms in total. The van der Waals surface area contributed by atoms with Gasteiger partial charge in [0.15, 0.2) is 0 Å². The third-order valence-corrected chi connectivity index (χ3v) is 0.586. The molecule has 0 unspecified atom stereocenters. The van der Waals surface area contributed by atoms with E-state index in [0.29, 0.717) is 0 Å². The predicted octanol–water partition coefficient (Wildman–Crippen LogP) is 2.68. The third-order valence-electron chi connectivity index (χ3n) is 0.586. The summed E-state index contributed by atoms with van der Waals surface area (Å²) in [5.41, 5.74) is 0. The Morgan fingerprint density at radius 1 is 1.50 bits per heavy atom. The van der Waals surface area contributed by atoms with Gasteiger partial charge in [0, 0.05) is 0 Å². The van der Waals surface area contributed by atoms with Crippen molar-refractivity contribution >= 4 is 17.0 Å². The molecule has 0 aromatic heterocycles. The average Bonchev–Trinajstić information content (AvgIpc) is 2.17. The van der Waals surface area contributed by atoms with Gasteiger partial charge in [0.25, 0.3) is 0 Å². The van der Waals surface area contributed by atoms with Crippen LogP contribution in [0.4, 0.5) is 0 Å². The van der Waals surface area contributed by atoms with Gasteiger partial charge in [-0.15, -0.1) is 6.42 Å². The van der Waals surface area contributed by atoms with Crippen molar-refractivity contribution in [1.82, 2.24) is 0 Å². The van der Waals surface area contributed by atoms with E-state index < -0.39 is 20.8 Å². The van der Waals surface area contributed by atoms with E-state index in [1.165, 1.54) is 0 Å². The van der Waals surface area contributed by atoms with Crippen molar-refractivity contribution in [3.8, 4) is 0 Å². The van der Waals surface area contributed by atoms with Gasteiger partial charge in [0.05, 0.1) is 0 Å². The van der Waals surface area contributed by atoms with Crippen LogP contribution in [0.2, 0.25) is 0 Å². The molecule has 1 aliphatic rings. The molecule has 44 valence electrons. The molecule has 0 aromatic rings. The van der Waals surface area contributed by atoms with E-state index in [4.69, 9.17) is 17.0 Å². The van der Waals surface area contributed by atoms with Crippen LogP contribution in [0.15, 0.2) is 18.2 Å². The zero-order chi connectivity index (χ0) is 6.24. The van der Waals surface area contributed by atoms with Gasteiger partial charge < -0.3 is 0 Å². The second kappa shape index (κ2) is 7.94. The van der Waals surface area contributed by atoms with Crippen LogP contribution in [-0.2, 0) is 20.8 Å². The monoisotopic (exact) mass is 225 g/mol. The predicted molar refractivity (Wildman–Crippen MR) is 33.3 cm³/mol. The molecule has 0 saturated heterocycles. The number of rotatable bonds is 0. The van der Waals surface area contributed by atoms with Crippen molar-refractivity contribution in [1.29, 1.82) is 0 Å². The van der Waals surface area contributed by atoms with Gasteiger partial charge in [-0.1, -0.05) is 0 Å². The topological polar surface area (TPSA) is 0 Å². The summed E-state index contributed by atoms with van der Waals surface area (Å²) in [5.74, 6) is 0. The fraction of sp³-hybridized carbons (Fsp3) is 0.200. The molecule has 0 saturated carbocycles. The first-order chi connectivity index (χ1) is 3.91. The van der Waals surface area contributed by atoms with Crippen molar-refractivity contribution in [2.75, 3.05) is 0 Å². The summed E-state index contributed by atoms with van der Waals surface area (Å²) in [4.78, 5) is 0. The molecule has 0 bridgehead atoms. The molecular formula is C5H5Cl2Zr-. The fourth-order valence-corrected chi connectivity index (χ4v) is 0.340. The molecule has 0 atom stereocenters. The summed E-state index contributed by atoms with van der Waals surface area (Å²) in [6.45, 7) is 0. The second-order valence-corrected chi connectivity index (χ2v) is 4.81. The molecular weight excluding hydrogens is 222 g/mol. The molecule has 0 heterocycles. The van der Waals surface area contributed by atoms with Crippen molar-refractivity contribution < 1.29 is 20.8 Å². The van der Waals surface area contributed by atoms with Gasteiger partial charge in [0.2, 0.25) is 0 Å². The van der Waals surface area contributed by atoms with Gasteiger partial charge in [0.1, 0.15) is 0 Å². The van der Waals surface area contributed by atoms with Crippen LogP contribution in [0.3, 0.4) is 0 Å². The maximum atomic E-state index is 4.93. The van der Waals surface area contributed by atoms with Crippen LogP contribution in [0, 0.1) is 6.08 Å². The molecule has 1 rings (SSSR count). The van der Waals surface area contributed by atoms with Gasteiger partial charge in [-0.2, -0.15) is 6.08 Å². The Hall–Kier alpha value is 0.943. The summed E-state index contributed by atoms with van der Waals surface area (Å²) < 4.78 is 0. The Kier molecular flexibility index (Phi) is 8.88. The zero-order valence-corrected chi connectivity index (χ0v) is 8.16. The average molecular weight is 227 g/mol. The number of allylic oxidation sites excluding steroid dienone is 4. The standard InChI is InChI=1S/C5H5.2ClH.Zr/c1-2-4-5-3-1;;;/h1-3H,4H2;2*1H;/q-1;;;+2/p-2. The number of hydrogen-bond acceptors (Lipinski definition) is 0. The number of halogens is 2. The Bertz CT molecular complexity index is 78.4. The first-order valence-electron chi connectivity index (χ1n) is 2.10. The van der Waals surface area contributed by atoms with Gasteiger partial charge in [-0.25, -0.2) is 12.2 Å². The molecule has 8 heavy (non-hydrogen) atoms. The van der Waals surface area contributed by atoms with Crippen LogP contribution in [-0.4, -0.2) is 0 Å². The van der Waals surface area contributed by atoms with Crippen LogP contribution in [0.1, 0.15) is 6.42 Å². The summed E-state index contributed by atoms with van der Waals surface area (Å²) in [5, 5.41) is 0. The molecule has 0 fully saturated rings. The van der Waals surface area contributed by atoms with Crippen molar-refractivity contribution in [3.63, 3.8) is 0 Å². The second-order valence-electron chi connectivity index (χ2n) is 1.07. The summed E-state index contributed by atoms with van der Waals surface area (Å²) in [6.07, 6.45) is 10.0. The van der Waals surface area contributed by atoms with E-state index in [-0.39, 0.29) is 0 Å². The van der Waals surface area contributed by atoms with E-state index in [9.17, 15) is 0 Å². The third kappa shape index (κ3) is 6.94. The van der Waals surface area contributed by atoms with Gasteiger partial charge in [-0.05, 0) is 0 Å². The maximum absolute atomic E-state index is 4.93. The Morgan fingerprint density at radius 2 is 2.12 bits per heavy atom. The minimum absolute atomic E-state index is 0.826. The van der Waals surface area contributed by atoms with E-state index in [1.54, 1.807) is 0 Å². The Labute approximate surface area is 68.2 Å². The normalized spacial score (nSPS) is 12.8. The van der Waals surface area contributed by atoms with Gasteiger partial charge in [-0.3, -0.25) is 6.08 Å². The molecule has 0 spiro atoms. The molecule has 1 aliphatic carbocycles. The molecule has 0 radical (unpaired) electrons. The first kappa shape index (κ1) is 8.94. The summed E-state index contributed by atoms with van der Waals surface area (Å²) in [7, 11) is 9.87. The van der Waals surface area contributed by atoms with Crippen LogP contribution < -0.4 is 0 Å². The fourth-order valence-electron chi connectivity index (χ4n) is 0.340.